The third kappa shape index (κ3) is 4.33. The zero-order chi connectivity index (χ0) is 10.6. The molecule has 0 radical (unpaired) electrons. The lowest BCUT2D eigenvalue weighted by Gasteiger charge is -2.14. The van der Waals surface area contributed by atoms with Crippen LogP contribution < -0.4 is 0 Å². The highest BCUT2D eigenvalue weighted by Gasteiger charge is 2.11. The number of thiophene rings is 1. The molecule has 3 heteroatoms. The first-order chi connectivity index (χ1) is 6.61. The lowest BCUT2D eigenvalue weighted by molar-refractivity contribution is 0.443. The molecule has 0 N–H and O–H groups in total. The van der Waals surface area contributed by atoms with E-state index in [0.29, 0.717) is 5.92 Å². The Morgan fingerprint density at radius 3 is 2.57 bits per heavy atom. The zero-order valence-corrected chi connectivity index (χ0v) is 11.8. The van der Waals surface area contributed by atoms with E-state index in [1.54, 1.807) is 0 Å². The normalized spacial score (nSPS) is 13.5. The van der Waals surface area contributed by atoms with Crippen LogP contribution in [-0.4, -0.2) is 5.88 Å². The van der Waals surface area contributed by atoms with Gasteiger partial charge in [0.15, 0.2) is 0 Å². The molecule has 1 aromatic heterocycles. The fourth-order valence-corrected chi connectivity index (χ4v) is 3.45. The number of alkyl halides is 1. The van der Waals surface area contributed by atoms with Gasteiger partial charge in [0, 0.05) is 10.8 Å². The molecule has 0 aliphatic rings. The van der Waals surface area contributed by atoms with E-state index < -0.39 is 0 Å². The third-order valence-electron chi connectivity index (χ3n) is 2.14. The van der Waals surface area contributed by atoms with Crippen LogP contribution in [0.25, 0.3) is 0 Å². The fraction of sp³-hybridized carbons (Fsp3) is 0.636. The van der Waals surface area contributed by atoms with E-state index in [-0.39, 0.29) is 0 Å². The first-order valence-corrected chi connectivity index (χ1v) is 7.06. The van der Waals surface area contributed by atoms with E-state index >= 15 is 0 Å². The van der Waals surface area contributed by atoms with Crippen molar-refractivity contribution in [2.45, 2.75) is 26.7 Å². The molecule has 0 aromatic carbocycles. The molecular formula is C11H16BrClS. The van der Waals surface area contributed by atoms with Crippen LogP contribution >= 0.6 is 38.9 Å². The predicted molar refractivity (Wildman–Crippen MR) is 69.4 cm³/mol. The Morgan fingerprint density at radius 1 is 1.43 bits per heavy atom. The molecule has 1 unspecified atom stereocenters. The maximum Gasteiger partial charge on any atom is 0.0701 e. The molecule has 0 amide bonds. The molecule has 1 rings (SSSR count). The van der Waals surface area contributed by atoms with Crippen LogP contribution in [0.4, 0.5) is 0 Å². The molecule has 0 bridgehead atoms. The van der Waals surface area contributed by atoms with E-state index in [4.69, 9.17) is 11.6 Å². The van der Waals surface area contributed by atoms with Crippen LogP contribution in [0.2, 0.25) is 0 Å². The highest BCUT2D eigenvalue weighted by atomic mass is 79.9. The summed E-state index contributed by atoms with van der Waals surface area (Å²) in [5.41, 5.74) is 0. The molecule has 0 aliphatic carbocycles. The molecule has 0 spiro atoms. The highest BCUT2D eigenvalue weighted by molar-refractivity contribution is 9.11. The van der Waals surface area contributed by atoms with Crippen LogP contribution in [0.3, 0.4) is 0 Å². The van der Waals surface area contributed by atoms with Crippen LogP contribution in [0.15, 0.2) is 15.9 Å². The van der Waals surface area contributed by atoms with Gasteiger partial charge in [-0.2, -0.15) is 0 Å². The van der Waals surface area contributed by atoms with E-state index in [0.717, 1.165) is 18.2 Å². The minimum atomic E-state index is 0.627. The maximum atomic E-state index is 5.96. The van der Waals surface area contributed by atoms with Gasteiger partial charge in [0.1, 0.15) is 0 Å². The molecule has 1 atom stereocenters. The van der Waals surface area contributed by atoms with Gasteiger partial charge < -0.3 is 0 Å². The molecule has 80 valence electrons. The molecule has 0 aliphatic heterocycles. The van der Waals surface area contributed by atoms with E-state index in [2.05, 4.69) is 41.9 Å². The minimum Gasteiger partial charge on any atom is -0.133 e. The second kappa shape index (κ2) is 6.14. The summed E-state index contributed by atoms with van der Waals surface area (Å²) in [6, 6.07) is 4.30. The van der Waals surface area contributed by atoms with Gasteiger partial charge in [-0.15, -0.1) is 22.9 Å². The molecular weight excluding hydrogens is 280 g/mol. The summed E-state index contributed by atoms with van der Waals surface area (Å²) < 4.78 is 1.21. The van der Waals surface area contributed by atoms with Crippen LogP contribution in [0.1, 0.15) is 25.1 Å². The molecule has 0 fully saturated rings. The Balaban J connectivity index is 2.48. The second-order valence-corrected chi connectivity index (χ2v) is 6.92. The Labute approximate surface area is 104 Å². The van der Waals surface area contributed by atoms with Crippen molar-refractivity contribution in [3.8, 4) is 0 Å². The summed E-state index contributed by atoms with van der Waals surface area (Å²) in [5.74, 6) is 2.14. The van der Waals surface area contributed by atoms with Gasteiger partial charge in [-0.05, 0) is 52.7 Å². The van der Waals surface area contributed by atoms with Crippen LogP contribution in [0, 0.1) is 11.8 Å². The zero-order valence-electron chi connectivity index (χ0n) is 8.59. The molecule has 1 heterocycles. The summed E-state index contributed by atoms with van der Waals surface area (Å²) in [4.78, 5) is 1.43. The standard InChI is InChI=1S/C11H16BrClS/c1-8(2)5-9(7-13)6-10-3-4-11(12)14-10/h3-4,8-9H,5-7H2,1-2H3. The average molecular weight is 296 g/mol. The quantitative estimate of drug-likeness (QED) is 0.674. The highest BCUT2D eigenvalue weighted by Crippen LogP contribution is 2.26. The van der Waals surface area contributed by atoms with Crippen molar-refractivity contribution in [2.24, 2.45) is 11.8 Å². The van der Waals surface area contributed by atoms with Crippen molar-refractivity contribution in [3.05, 3.63) is 20.8 Å². The van der Waals surface area contributed by atoms with E-state index in [1.807, 2.05) is 11.3 Å². The van der Waals surface area contributed by atoms with Crippen molar-refractivity contribution < 1.29 is 0 Å². The Morgan fingerprint density at radius 2 is 2.14 bits per heavy atom. The molecule has 0 saturated heterocycles. The summed E-state index contributed by atoms with van der Waals surface area (Å²) in [6.07, 6.45) is 2.34. The average Bonchev–Trinajstić information content (AvgIpc) is 2.49. The number of hydrogen-bond acceptors (Lipinski definition) is 1. The molecule has 0 saturated carbocycles. The molecule has 0 nitrogen and oxygen atoms in total. The largest absolute Gasteiger partial charge is 0.133 e. The van der Waals surface area contributed by atoms with Gasteiger partial charge in [-0.1, -0.05) is 13.8 Å². The van der Waals surface area contributed by atoms with Gasteiger partial charge in [-0.25, -0.2) is 0 Å². The SMILES string of the molecule is CC(C)CC(CCl)Cc1ccc(Br)s1. The van der Waals surface area contributed by atoms with Gasteiger partial charge in [0.2, 0.25) is 0 Å². The smallest absolute Gasteiger partial charge is 0.0701 e. The van der Waals surface area contributed by atoms with Crippen LogP contribution in [0.5, 0.6) is 0 Å². The Bertz CT molecular complexity index is 270. The van der Waals surface area contributed by atoms with Gasteiger partial charge in [0.05, 0.1) is 3.79 Å². The third-order valence-corrected chi connectivity index (χ3v) is 4.22. The van der Waals surface area contributed by atoms with Crippen molar-refractivity contribution in [3.63, 3.8) is 0 Å². The van der Waals surface area contributed by atoms with Crippen LogP contribution in [-0.2, 0) is 6.42 Å². The van der Waals surface area contributed by atoms with Crippen molar-refractivity contribution >= 4 is 38.9 Å². The van der Waals surface area contributed by atoms with Gasteiger partial charge in [-0.3, -0.25) is 0 Å². The topological polar surface area (TPSA) is 0 Å². The molecule has 1 aromatic rings. The predicted octanol–water partition coefficient (Wildman–Crippen LogP) is 4.95. The fourth-order valence-electron chi connectivity index (χ4n) is 1.61. The van der Waals surface area contributed by atoms with Crippen molar-refractivity contribution in [1.29, 1.82) is 0 Å². The minimum absolute atomic E-state index is 0.627. The lowest BCUT2D eigenvalue weighted by Crippen LogP contribution is -2.08. The summed E-state index contributed by atoms with van der Waals surface area (Å²) in [6.45, 7) is 4.51. The van der Waals surface area contributed by atoms with Crippen molar-refractivity contribution in [2.75, 3.05) is 5.88 Å². The second-order valence-electron chi connectivity index (χ2n) is 4.06. The van der Waals surface area contributed by atoms with Crippen molar-refractivity contribution in [1.82, 2.24) is 0 Å². The molecule has 14 heavy (non-hydrogen) atoms. The maximum absolute atomic E-state index is 5.96. The first-order valence-electron chi connectivity index (χ1n) is 4.92. The summed E-state index contributed by atoms with van der Waals surface area (Å²) >= 11 is 11.3. The summed E-state index contributed by atoms with van der Waals surface area (Å²) in [7, 11) is 0. The lowest BCUT2D eigenvalue weighted by atomic mass is 9.95. The first kappa shape index (κ1) is 12.5. The van der Waals surface area contributed by atoms with Gasteiger partial charge >= 0.3 is 0 Å². The monoisotopic (exact) mass is 294 g/mol. The van der Waals surface area contributed by atoms with E-state index in [1.165, 1.54) is 15.1 Å². The summed E-state index contributed by atoms with van der Waals surface area (Å²) in [5, 5.41) is 0. The Kier molecular flexibility index (Phi) is 5.50. The number of halogens is 2. The van der Waals surface area contributed by atoms with E-state index in [9.17, 15) is 0 Å². The Hall–Kier alpha value is 0.470. The number of hydrogen-bond donors (Lipinski definition) is 0. The van der Waals surface area contributed by atoms with Gasteiger partial charge in [0.25, 0.3) is 0 Å². The number of rotatable bonds is 5.